The zero-order valence-corrected chi connectivity index (χ0v) is 18.0. The van der Waals surface area contributed by atoms with Gasteiger partial charge in [-0.3, -0.25) is 14.4 Å². The molecule has 1 aliphatic heterocycles. The summed E-state index contributed by atoms with van der Waals surface area (Å²) in [6.07, 6.45) is 0.673. The molecule has 0 radical (unpaired) electrons. The molecule has 2 atom stereocenters. The van der Waals surface area contributed by atoms with Gasteiger partial charge >= 0.3 is 6.09 Å². The van der Waals surface area contributed by atoms with Gasteiger partial charge in [-0.1, -0.05) is 44.2 Å². The fourth-order valence-corrected chi connectivity index (χ4v) is 3.44. The normalized spacial score (nSPS) is 16.9. The summed E-state index contributed by atoms with van der Waals surface area (Å²) in [6.45, 7) is 3.75. The first-order valence-corrected chi connectivity index (χ1v) is 10.5. The molecule has 3 rings (SSSR count). The third-order valence-corrected chi connectivity index (χ3v) is 5.16. The van der Waals surface area contributed by atoms with Crippen molar-refractivity contribution in [2.75, 3.05) is 0 Å². The first-order valence-electron chi connectivity index (χ1n) is 10.5. The van der Waals surface area contributed by atoms with Crippen molar-refractivity contribution in [1.82, 2.24) is 20.6 Å². The summed E-state index contributed by atoms with van der Waals surface area (Å²) >= 11 is 0. The van der Waals surface area contributed by atoms with Gasteiger partial charge in [-0.05, 0) is 17.5 Å². The highest BCUT2D eigenvalue weighted by Gasteiger charge is 2.33. The molecule has 2 amide bonds. The molecule has 0 saturated carbocycles. The van der Waals surface area contributed by atoms with Gasteiger partial charge in [0.25, 0.3) is 5.91 Å². The molecule has 0 fully saturated rings. The highest BCUT2D eigenvalue weighted by atomic mass is 16.5. The Morgan fingerprint density at radius 1 is 1.19 bits per heavy atom. The molecule has 2 unspecified atom stereocenters. The summed E-state index contributed by atoms with van der Waals surface area (Å²) in [7, 11) is 0. The average Bonchev–Trinajstić information content (AvgIpc) is 2.82. The van der Waals surface area contributed by atoms with E-state index in [1.807, 2.05) is 30.3 Å². The van der Waals surface area contributed by atoms with Crippen LogP contribution in [0.15, 0.2) is 42.6 Å². The highest BCUT2D eigenvalue weighted by Crippen LogP contribution is 2.17. The van der Waals surface area contributed by atoms with Crippen molar-refractivity contribution < 1.29 is 23.9 Å². The molecule has 1 aliphatic rings. The van der Waals surface area contributed by atoms with E-state index in [2.05, 4.69) is 20.6 Å². The van der Waals surface area contributed by atoms with E-state index in [1.165, 1.54) is 0 Å². The van der Waals surface area contributed by atoms with Crippen LogP contribution in [-0.2, 0) is 38.7 Å². The number of alkyl carbamates (subject to hydrolysis) is 1. The van der Waals surface area contributed by atoms with Gasteiger partial charge in [-0.2, -0.15) is 0 Å². The van der Waals surface area contributed by atoms with Crippen LogP contribution in [0, 0.1) is 11.8 Å². The number of Topliss-reactive ketones (excluding diaryl/α,β-unsaturated/α-hetero) is 2. The second-order valence-corrected chi connectivity index (χ2v) is 8.01. The maximum Gasteiger partial charge on any atom is 0.408 e. The molecule has 2 heterocycles. The molecule has 0 aliphatic carbocycles. The minimum atomic E-state index is -0.917. The predicted octanol–water partition coefficient (Wildman–Crippen LogP) is 1.74. The molecular formula is C23H26N4O5. The first kappa shape index (κ1) is 23.1. The number of hydrogen-bond donors (Lipinski definition) is 2. The van der Waals surface area contributed by atoms with Crippen LogP contribution in [0.4, 0.5) is 4.79 Å². The Hall–Kier alpha value is -3.62. The Morgan fingerprint density at radius 3 is 2.66 bits per heavy atom. The predicted molar refractivity (Wildman–Crippen MR) is 114 cm³/mol. The Morgan fingerprint density at radius 2 is 1.94 bits per heavy atom. The molecule has 0 spiro atoms. The van der Waals surface area contributed by atoms with Gasteiger partial charge in [0.05, 0.1) is 18.3 Å². The second-order valence-electron chi connectivity index (χ2n) is 8.01. The SMILES string of the molecule is CC(C)C(NC(=O)OCc1ccccc1)C(=O)CC1Cc2nccc(n2)CNC(=O)C1=O. The number of amides is 2. The Labute approximate surface area is 186 Å². The van der Waals surface area contributed by atoms with Crippen molar-refractivity contribution in [1.29, 1.82) is 0 Å². The fraction of sp³-hybridized carbons (Fsp3) is 0.391. The fourth-order valence-electron chi connectivity index (χ4n) is 3.44. The summed E-state index contributed by atoms with van der Waals surface area (Å²) in [5, 5.41) is 5.12. The second kappa shape index (κ2) is 10.6. The van der Waals surface area contributed by atoms with Crippen LogP contribution in [0.1, 0.15) is 37.4 Å². The topological polar surface area (TPSA) is 127 Å². The van der Waals surface area contributed by atoms with Crippen LogP contribution >= 0.6 is 0 Å². The molecule has 9 heteroatoms. The number of hydrogen-bond acceptors (Lipinski definition) is 7. The van der Waals surface area contributed by atoms with Gasteiger partial charge in [0.1, 0.15) is 12.4 Å². The highest BCUT2D eigenvalue weighted by molar-refractivity contribution is 6.37. The number of aromatic nitrogens is 2. The standard InChI is InChI=1S/C23H26N4O5/c1-14(2)20(27-23(31)32-13-15-6-4-3-5-7-15)18(28)10-16-11-19-24-9-8-17(26-19)12-25-22(30)21(16)29/h3-9,14,16,20H,10-13H2,1-2H3,(H,25,30)(H,27,31). The Bertz CT molecular complexity index is 993. The molecule has 2 aromatic rings. The molecular weight excluding hydrogens is 412 g/mol. The third-order valence-electron chi connectivity index (χ3n) is 5.16. The summed E-state index contributed by atoms with van der Waals surface area (Å²) in [5.41, 5.74) is 1.41. The number of ether oxygens (including phenoxy) is 1. The number of nitrogens with zero attached hydrogens (tertiary/aromatic N) is 2. The van der Waals surface area contributed by atoms with E-state index in [4.69, 9.17) is 4.74 Å². The lowest BCUT2D eigenvalue weighted by Gasteiger charge is -2.23. The maximum atomic E-state index is 13.0. The molecule has 1 aromatic carbocycles. The van der Waals surface area contributed by atoms with Gasteiger partial charge in [-0.25, -0.2) is 14.8 Å². The molecule has 168 valence electrons. The third kappa shape index (κ3) is 6.19. The molecule has 2 N–H and O–H groups in total. The lowest BCUT2D eigenvalue weighted by atomic mass is 9.88. The summed E-state index contributed by atoms with van der Waals surface area (Å²) in [4.78, 5) is 58.6. The van der Waals surface area contributed by atoms with Crippen LogP contribution in [0.3, 0.4) is 0 Å². The summed E-state index contributed by atoms with van der Waals surface area (Å²) in [6, 6.07) is 9.96. The summed E-state index contributed by atoms with van der Waals surface area (Å²) in [5.74, 6) is -2.59. The number of carbonyl (C=O) groups is 4. The number of benzene rings is 1. The van der Waals surface area contributed by atoms with E-state index in [-0.39, 0.29) is 37.7 Å². The first-order chi connectivity index (χ1) is 15.3. The van der Waals surface area contributed by atoms with Crippen molar-refractivity contribution in [2.45, 2.75) is 45.9 Å². The Balaban J connectivity index is 1.66. The smallest absolute Gasteiger partial charge is 0.408 e. The number of carbonyl (C=O) groups excluding carboxylic acids is 4. The van der Waals surface area contributed by atoms with Gasteiger partial charge in [-0.15, -0.1) is 0 Å². The van der Waals surface area contributed by atoms with E-state index in [0.717, 1.165) is 5.56 Å². The number of fused-ring (bicyclic) bond motifs is 2. The van der Waals surface area contributed by atoms with Gasteiger partial charge < -0.3 is 15.4 Å². The van der Waals surface area contributed by atoms with Crippen molar-refractivity contribution in [3.8, 4) is 0 Å². The largest absolute Gasteiger partial charge is 0.445 e. The summed E-state index contributed by atoms with van der Waals surface area (Å²) < 4.78 is 5.22. The van der Waals surface area contributed by atoms with Gasteiger partial charge in [0, 0.05) is 25.0 Å². The van der Waals surface area contributed by atoms with Crippen molar-refractivity contribution >= 4 is 23.6 Å². The van der Waals surface area contributed by atoms with Gasteiger partial charge in [0.15, 0.2) is 5.78 Å². The van der Waals surface area contributed by atoms with Crippen molar-refractivity contribution in [3.05, 3.63) is 59.7 Å². The van der Waals surface area contributed by atoms with Crippen LogP contribution in [-0.4, -0.2) is 39.6 Å². The number of nitrogens with one attached hydrogen (secondary N) is 2. The maximum absolute atomic E-state index is 13.0. The minimum Gasteiger partial charge on any atom is -0.445 e. The quantitative estimate of drug-likeness (QED) is 0.630. The lowest BCUT2D eigenvalue weighted by Crippen LogP contribution is -2.46. The minimum absolute atomic E-state index is 0.0646. The zero-order valence-electron chi connectivity index (χ0n) is 18.0. The van der Waals surface area contributed by atoms with Crippen LogP contribution < -0.4 is 10.6 Å². The van der Waals surface area contributed by atoms with Crippen LogP contribution in [0.2, 0.25) is 0 Å². The van der Waals surface area contributed by atoms with Crippen molar-refractivity contribution in [3.63, 3.8) is 0 Å². The van der Waals surface area contributed by atoms with E-state index in [1.54, 1.807) is 26.1 Å². The Kier molecular flexibility index (Phi) is 7.64. The molecule has 1 aromatic heterocycles. The van der Waals surface area contributed by atoms with E-state index in [9.17, 15) is 19.2 Å². The van der Waals surface area contributed by atoms with Crippen LogP contribution in [0.5, 0.6) is 0 Å². The number of rotatable bonds is 7. The van der Waals surface area contributed by atoms with Gasteiger partial charge in [0.2, 0.25) is 5.78 Å². The molecule has 9 nitrogen and oxygen atoms in total. The molecule has 32 heavy (non-hydrogen) atoms. The zero-order chi connectivity index (χ0) is 23.1. The van der Waals surface area contributed by atoms with E-state index >= 15 is 0 Å². The van der Waals surface area contributed by atoms with Crippen LogP contribution in [0.25, 0.3) is 0 Å². The lowest BCUT2D eigenvalue weighted by molar-refractivity contribution is -0.141. The molecule has 0 saturated heterocycles. The monoisotopic (exact) mass is 438 g/mol. The average molecular weight is 438 g/mol. The van der Waals surface area contributed by atoms with E-state index < -0.39 is 29.7 Å². The van der Waals surface area contributed by atoms with Crippen molar-refractivity contribution in [2.24, 2.45) is 11.8 Å². The van der Waals surface area contributed by atoms with E-state index in [0.29, 0.717) is 11.5 Å². The molecule has 2 bridgehead atoms. The number of ketones is 2.